The molecule has 1 aliphatic rings. The summed E-state index contributed by atoms with van der Waals surface area (Å²) in [4.78, 5) is 17.4. The second-order valence-electron chi connectivity index (χ2n) is 7.60. The molecule has 4 rings (SSSR count). The number of carbonyl (C=O) groups excluding carboxylic acids is 1. The monoisotopic (exact) mass is 428 g/mol. The number of halogens is 1. The number of rotatable bonds is 6. The van der Waals surface area contributed by atoms with Crippen LogP contribution < -0.4 is 5.32 Å². The Balaban J connectivity index is 1.44. The van der Waals surface area contributed by atoms with Gasteiger partial charge in [0, 0.05) is 49.4 Å². The molecule has 0 spiro atoms. The van der Waals surface area contributed by atoms with Gasteiger partial charge < -0.3 is 19.2 Å². The van der Waals surface area contributed by atoms with Crippen LogP contribution in [-0.2, 0) is 0 Å². The largest absolute Gasteiger partial charge is 0.465 e. The van der Waals surface area contributed by atoms with Crippen LogP contribution in [0, 0.1) is 6.92 Å². The van der Waals surface area contributed by atoms with E-state index in [1.807, 2.05) is 31.2 Å². The Bertz CT molecular complexity index is 990. The molecule has 1 N–H and O–H groups in total. The third-order valence-corrected chi connectivity index (χ3v) is 5.65. The molecule has 1 aliphatic heterocycles. The molecule has 3 heterocycles. The zero-order valence-electron chi connectivity index (χ0n) is 17.1. The van der Waals surface area contributed by atoms with Gasteiger partial charge >= 0.3 is 0 Å². The molecule has 1 aromatic carbocycles. The number of amides is 1. The molecule has 1 atom stereocenters. The van der Waals surface area contributed by atoms with Crippen LogP contribution in [0.4, 0.5) is 0 Å². The fourth-order valence-electron chi connectivity index (χ4n) is 3.59. The molecule has 0 saturated carbocycles. The molecule has 158 valence electrons. The molecule has 0 radical (unpaired) electrons. The maximum absolute atomic E-state index is 12.7. The Hall–Kier alpha value is -2.61. The van der Waals surface area contributed by atoms with Crippen LogP contribution >= 0.6 is 11.6 Å². The van der Waals surface area contributed by atoms with Crippen LogP contribution in [-0.4, -0.2) is 60.6 Å². The van der Waals surface area contributed by atoms with Crippen molar-refractivity contribution >= 4 is 17.5 Å². The number of nitrogens with one attached hydrogen (secondary N) is 1. The number of nitrogens with zero attached hydrogens (tertiary/aromatic N) is 3. The molecule has 3 aromatic rings. The van der Waals surface area contributed by atoms with Gasteiger partial charge in [-0.25, -0.2) is 0 Å². The average molecular weight is 429 g/mol. The highest BCUT2D eigenvalue weighted by Gasteiger charge is 2.27. The summed E-state index contributed by atoms with van der Waals surface area (Å²) in [7, 11) is 2.12. The van der Waals surface area contributed by atoms with Gasteiger partial charge in [0.15, 0.2) is 11.5 Å². The summed E-state index contributed by atoms with van der Waals surface area (Å²) < 4.78 is 11.2. The maximum atomic E-state index is 12.7. The Morgan fingerprint density at radius 2 is 1.90 bits per heavy atom. The molecule has 30 heavy (non-hydrogen) atoms. The second-order valence-corrected chi connectivity index (χ2v) is 8.03. The fraction of sp³-hybridized carbons (Fsp3) is 0.364. The van der Waals surface area contributed by atoms with Gasteiger partial charge in [-0.3, -0.25) is 9.69 Å². The van der Waals surface area contributed by atoms with E-state index in [0.29, 0.717) is 17.3 Å². The number of aromatic nitrogens is 1. The molecule has 2 aromatic heterocycles. The summed E-state index contributed by atoms with van der Waals surface area (Å²) in [6.07, 6.45) is 0. The number of carbonyl (C=O) groups is 1. The zero-order valence-corrected chi connectivity index (χ0v) is 17.9. The smallest absolute Gasteiger partial charge is 0.273 e. The minimum absolute atomic E-state index is 0.0287. The summed E-state index contributed by atoms with van der Waals surface area (Å²) in [5.74, 6) is 1.97. The quantitative estimate of drug-likeness (QED) is 0.646. The summed E-state index contributed by atoms with van der Waals surface area (Å²) in [6.45, 7) is 6.16. The van der Waals surface area contributed by atoms with E-state index in [-0.39, 0.29) is 17.6 Å². The highest BCUT2D eigenvalue weighted by atomic mass is 35.5. The lowest BCUT2D eigenvalue weighted by atomic mass is 10.1. The highest BCUT2D eigenvalue weighted by Crippen LogP contribution is 2.25. The number of likely N-dealkylation sites (N-methyl/N-ethyl adjacent to an activating group) is 1. The third kappa shape index (κ3) is 4.75. The first kappa shape index (κ1) is 20.7. The zero-order chi connectivity index (χ0) is 21.1. The average Bonchev–Trinajstić information content (AvgIpc) is 3.39. The standard InChI is InChI=1S/C22H25ClN4O3/c1-15-3-8-20(29-15)19(27-11-9-26(2)10-12-27)14-24-22(28)18-13-21(30-25-18)16-4-6-17(23)7-5-16/h3-8,13,19H,9-12,14H2,1-2H3,(H,24,28)/t19-/m1/s1. The van der Waals surface area contributed by atoms with Crippen LogP contribution in [0.3, 0.4) is 0 Å². The van der Waals surface area contributed by atoms with Crippen molar-refractivity contribution in [3.05, 3.63) is 64.7 Å². The van der Waals surface area contributed by atoms with E-state index in [1.165, 1.54) is 0 Å². The number of piperazine rings is 1. The van der Waals surface area contributed by atoms with Crippen LogP contribution in [0.15, 0.2) is 51.4 Å². The van der Waals surface area contributed by atoms with Gasteiger partial charge in [0.1, 0.15) is 11.5 Å². The topological polar surface area (TPSA) is 74.8 Å². The van der Waals surface area contributed by atoms with Gasteiger partial charge in [-0.1, -0.05) is 16.8 Å². The molecular formula is C22H25ClN4O3. The van der Waals surface area contributed by atoms with Crippen molar-refractivity contribution in [1.82, 2.24) is 20.3 Å². The van der Waals surface area contributed by atoms with Crippen molar-refractivity contribution in [3.63, 3.8) is 0 Å². The number of furan rings is 1. The first-order chi connectivity index (χ1) is 14.5. The molecule has 1 fully saturated rings. The molecule has 0 bridgehead atoms. The molecule has 8 heteroatoms. The second kappa shape index (κ2) is 9.04. The van der Waals surface area contributed by atoms with Crippen LogP contribution in [0.2, 0.25) is 5.02 Å². The van der Waals surface area contributed by atoms with E-state index in [4.69, 9.17) is 20.5 Å². The SMILES string of the molecule is Cc1ccc([C@@H](CNC(=O)c2cc(-c3ccc(Cl)cc3)on2)N2CCN(C)CC2)o1. The van der Waals surface area contributed by atoms with E-state index in [0.717, 1.165) is 43.3 Å². The minimum atomic E-state index is -0.277. The van der Waals surface area contributed by atoms with Gasteiger partial charge in [0.2, 0.25) is 0 Å². The Morgan fingerprint density at radius 1 is 1.17 bits per heavy atom. The van der Waals surface area contributed by atoms with Crippen molar-refractivity contribution in [1.29, 1.82) is 0 Å². The van der Waals surface area contributed by atoms with E-state index in [9.17, 15) is 4.79 Å². The van der Waals surface area contributed by atoms with Gasteiger partial charge in [-0.15, -0.1) is 0 Å². The van der Waals surface area contributed by atoms with Gasteiger partial charge in [-0.2, -0.15) is 0 Å². The first-order valence-electron chi connectivity index (χ1n) is 9.99. The van der Waals surface area contributed by atoms with Gasteiger partial charge in [0.05, 0.1) is 6.04 Å². The first-order valence-corrected chi connectivity index (χ1v) is 10.4. The molecular weight excluding hydrogens is 404 g/mol. The summed E-state index contributed by atoms with van der Waals surface area (Å²) in [5, 5.41) is 7.56. The maximum Gasteiger partial charge on any atom is 0.273 e. The van der Waals surface area contributed by atoms with Crippen molar-refractivity contribution in [3.8, 4) is 11.3 Å². The molecule has 1 amide bonds. The normalized spacial score (nSPS) is 16.5. The number of hydrogen-bond acceptors (Lipinski definition) is 6. The van der Waals surface area contributed by atoms with Crippen molar-refractivity contribution in [2.24, 2.45) is 0 Å². The number of hydrogen-bond donors (Lipinski definition) is 1. The summed E-state index contributed by atoms with van der Waals surface area (Å²) in [6, 6.07) is 12.7. The van der Waals surface area contributed by atoms with E-state index < -0.39 is 0 Å². The van der Waals surface area contributed by atoms with Crippen LogP contribution in [0.5, 0.6) is 0 Å². The van der Waals surface area contributed by atoms with Crippen molar-refractivity contribution in [2.45, 2.75) is 13.0 Å². The van der Waals surface area contributed by atoms with Gasteiger partial charge in [-0.05, 0) is 50.4 Å². The van der Waals surface area contributed by atoms with E-state index in [1.54, 1.807) is 18.2 Å². The fourth-order valence-corrected chi connectivity index (χ4v) is 3.71. The lowest BCUT2D eigenvalue weighted by Crippen LogP contribution is -2.48. The summed E-state index contributed by atoms with van der Waals surface area (Å²) in [5.41, 5.74) is 1.06. The Labute approximate surface area is 180 Å². The third-order valence-electron chi connectivity index (χ3n) is 5.40. The lowest BCUT2D eigenvalue weighted by molar-refractivity contribution is 0.0843. The summed E-state index contributed by atoms with van der Waals surface area (Å²) >= 11 is 5.93. The van der Waals surface area contributed by atoms with E-state index in [2.05, 4.69) is 27.3 Å². The number of benzene rings is 1. The van der Waals surface area contributed by atoms with Crippen molar-refractivity contribution < 1.29 is 13.7 Å². The van der Waals surface area contributed by atoms with Crippen LogP contribution in [0.1, 0.15) is 28.1 Å². The van der Waals surface area contributed by atoms with Crippen LogP contribution in [0.25, 0.3) is 11.3 Å². The highest BCUT2D eigenvalue weighted by molar-refractivity contribution is 6.30. The molecule has 0 aliphatic carbocycles. The predicted molar refractivity (Wildman–Crippen MR) is 115 cm³/mol. The minimum Gasteiger partial charge on any atom is -0.465 e. The molecule has 1 saturated heterocycles. The lowest BCUT2D eigenvalue weighted by Gasteiger charge is -2.37. The predicted octanol–water partition coefficient (Wildman–Crippen LogP) is 3.61. The van der Waals surface area contributed by atoms with Crippen molar-refractivity contribution in [2.75, 3.05) is 39.8 Å². The number of aryl methyl sites for hydroxylation is 1. The van der Waals surface area contributed by atoms with Gasteiger partial charge in [0.25, 0.3) is 5.91 Å². The van der Waals surface area contributed by atoms with E-state index >= 15 is 0 Å². The Morgan fingerprint density at radius 3 is 2.57 bits per heavy atom. The molecule has 0 unspecified atom stereocenters. The molecule has 7 nitrogen and oxygen atoms in total. The Kier molecular flexibility index (Phi) is 6.22.